The van der Waals surface area contributed by atoms with E-state index in [9.17, 15) is 9.59 Å². The number of fused-ring (bicyclic) bond motifs is 1. The molecule has 2 aliphatic rings. The van der Waals surface area contributed by atoms with Crippen molar-refractivity contribution in [2.75, 3.05) is 19.6 Å². The second kappa shape index (κ2) is 8.26. The molecular weight excluding hydrogens is 310 g/mol. The largest absolute Gasteiger partial charge is 0.478 e. The van der Waals surface area contributed by atoms with E-state index in [4.69, 9.17) is 10.2 Å². The first-order valence-corrected chi connectivity index (χ1v) is 7.70. The fraction of sp³-hybridized carbons (Fsp3) is 0.353. The topological polar surface area (TPSA) is 102 Å². The maximum atomic E-state index is 9.55. The summed E-state index contributed by atoms with van der Waals surface area (Å²) in [6.07, 6.45) is 1.12. The third-order valence-corrected chi connectivity index (χ3v) is 3.89. The van der Waals surface area contributed by atoms with E-state index in [-0.39, 0.29) is 0 Å². The van der Waals surface area contributed by atoms with Gasteiger partial charge in [-0.15, -0.1) is 0 Å². The number of nitrogens with zero attached hydrogens (tertiary/aromatic N) is 2. The number of aliphatic carboxylic acids is 2. The average molecular weight is 331 g/mol. The van der Waals surface area contributed by atoms with Gasteiger partial charge < -0.3 is 15.5 Å². The number of nitrogens with one attached hydrogen (secondary N) is 1. The molecule has 1 aromatic carbocycles. The summed E-state index contributed by atoms with van der Waals surface area (Å²) in [7, 11) is 0. The van der Waals surface area contributed by atoms with Crippen molar-refractivity contribution in [3.63, 3.8) is 0 Å². The molecule has 0 saturated heterocycles. The molecule has 7 heteroatoms. The zero-order chi connectivity index (χ0) is 17.5. The third kappa shape index (κ3) is 4.92. The minimum Gasteiger partial charge on any atom is -0.478 e. The maximum absolute atomic E-state index is 9.55. The van der Waals surface area contributed by atoms with Gasteiger partial charge in [0.05, 0.1) is 13.1 Å². The van der Waals surface area contributed by atoms with Crippen LogP contribution in [0.25, 0.3) is 0 Å². The summed E-state index contributed by atoms with van der Waals surface area (Å²) in [5.41, 5.74) is 2.94. The number of carboxylic acids is 2. The molecule has 128 valence electrons. The highest BCUT2D eigenvalue weighted by molar-refractivity contribution is 5.89. The second-order valence-corrected chi connectivity index (χ2v) is 5.54. The molecule has 2 aliphatic heterocycles. The van der Waals surface area contributed by atoms with Gasteiger partial charge >= 0.3 is 11.9 Å². The van der Waals surface area contributed by atoms with Crippen molar-refractivity contribution in [1.29, 1.82) is 0 Å². The van der Waals surface area contributed by atoms with E-state index in [1.807, 2.05) is 0 Å². The molecule has 1 atom stereocenters. The molecule has 7 nitrogen and oxygen atoms in total. The van der Waals surface area contributed by atoms with E-state index >= 15 is 0 Å². The molecule has 3 rings (SSSR count). The summed E-state index contributed by atoms with van der Waals surface area (Å²) in [6.45, 7) is 6.23. The molecule has 24 heavy (non-hydrogen) atoms. The van der Waals surface area contributed by atoms with E-state index in [2.05, 4.69) is 46.4 Å². The first kappa shape index (κ1) is 17.7. The Kier molecular flexibility index (Phi) is 6.08. The van der Waals surface area contributed by atoms with Gasteiger partial charge in [0.15, 0.2) is 0 Å². The number of hydrogen-bond donors (Lipinski definition) is 3. The van der Waals surface area contributed by atoms with Crippen molar-refractivity contribution in [3.8, 4) is 0 Å². The summed E-state index contributed by atoms with van der Waals surface area (Å²) in [6, 6.07) is 9.24. The third-order valence-electron chi connectivity index (χ3n) is 3.89. The molecular formula is C17H21N3O4. The van der Waals surface area contributed by atoms with Gasteiger partial charge in [-0.1, -0.05) is 24.3 Å². The predicted octanol–water partition coefficient (Wildman–Crippen LogP) is 1.28. The molecule has 0 amide bonds. The van der Waals surface area contributed by atoms with E-state index in [0.29, 0.717) is 18.2 Å². The van der Waals surface area contributed by atoms with E-state index in [0.717, 1.165) is 32.0 Å². The predicted molar refractivity (Wildman–Crippen MR) is 90.0 cm³/mol. The summed E-state index contributed by atoms with van der Waals surface area (Å²) in [5.74, 6) is -1.36. The summed E-state index contributed by atoms with van der Waals surface area (Å²) in [4.78, 5) is 26.0. The number of carboxylic acid groups (broad SMARTS) is 2. The molecule has 0 fully saturated rings. The van der Waals surface area contributed by atoms with Gasteiger partial charge in [0.1, 0.15) is 5.84 Å². The first-order valence-electron chi connectivity index (χ1n) is 7.70. The number of hydrogen-bond acceptors (Lipinski definition) is 5. The van der Waals surface area contributed by atoms with Gasteiger partial charge in [0, 0.05) is 31.3 Å². The van der Waals surface area contributed by atoms with Crippen LogP contribution in [-0.4, -0.2) is 52.5 Å². The van der Waals surface area contributed by atoms with E-state index in [1.54, 1.807) is 0 Å². The number of carbonyl (C=O) groups is 2. The zero-order valence-electron chi connectivity index (χ0n) is 13.5. The Morgan fingerprint density at radius 1 is 1.29 bits per heavy atom. The summed E-state index contributed by atoms with van der Waals surface area (Å²) < 4.78 is 0. The molecule has 0 unspecified atom stereocenters. The maximum Gasteiger partial charge on any atom is 0.328 e. The Morgan fingerprint density at radius 2 is 1.96 bits per heavy atom. The Bertz CT molecular complexity index is 654. The molecule has 0 spiro atoms. The van der Waals surface area contributed by atoms with Gasteiger partial charge in [0.25, 0.3) is 0 Å². The van der Waals surface area contributed by atoms with Crippen LogP contribution in [0.15, 0.2) is 41.4 Å². The molecule has 0 saturated carbocycles. The van der Waals surface area contributed by atoms with Crippen molar-refractivity contribution in [3.05, 3.63) is 47.5 Å². The van der Waals surface area contributed by atoms with Crippen LogP contribution >= 0.6 is 0 Å². The lowest BCUT2D eigenvalue weighted by Crippen LogP contribution is -2.33. The van der Waals surface area contributed by atoms with Crippen LogP contribution in [0.1, 0.15) is 24.1 Å². The average Bonchev–Trinajstić information content (AvgIpc) is 3.16. The monoisotopic (exact) mass is 331 g/mol. The minimum atomic E-state index is -1.26. The molecule has 0 radical (unpaired) electrons. The zero-order valence-corrected chi connectivity index (χ0v) is 13.5. The molecule has 2 heterocycles. The van der Waals surface area contributed by atoms with E-state index in [1.165, 1.54) is 11.1 Å². The molecule has 0 aliphatic carbocycles. The fourth-order valence-corrected chi connectivity index (χ4v) is 2.72. The van der Waals surface area contributed by atoms with Crippen molar-refractivity contribution in [1.82, 2.24) is 10.2 Å². The second-order valence-electron chi connectivity index (χ2n) is 5.54. The Labute approximate surface area is 140 Å². The quantitative estimate of drug-likeness (QED) is 0.718. The van der Waals surface area contributed by atoms with Crippen LogP contribution < -0.4 is 5.32 Å². The van der Waals surface area contributed by atoms with Crippen LogP contribution in [0.5, 0.6) is 0 Å². The van der Waals surface area contributed by atoms with E-state index < -0.39 is 11.9 Å². The van der Waals surface area contributed by atoms with Gasteiger partial charge in [-0.3, -0.25) is 9.89 Å². The van der Waals surface area contributed by atoms with Crippen LogP contribution in [-0.2, 0) is 16.1 Å². The summed E-state index contributed by atoms with van der Waals surface area (Å²) in [5, 5.41) is 19.0. The van der Waals surface area contributed by atoms with Crippen molar-refractivity contribution in [2.24, 2.45) is 4.99 Å². The highest BCUT2D eigenvalue weighted by Gasteiger charge is 2.27. The number of rotatable bonds is 4. The Balaban J connectivity index is 0.000000224. The van der Waals surface area contributed by atoms with Gasteiger partial charge in [-0.05, 0) is 18.1 Å². The Morgan fingerprint density at radius 3 is 2.50 bits per heavy atom. The fourth-order valence-electron chi connectivity index (χ4n) is 2.72. The SMILES string of the molecule is C[C@@H]1c2ccccc2CN1CC1=NCCN1.O=C(O)/C=C/C(=O)O. The normalized spacial score (nSPS) is 19.2. The molecule has 3 N–H and O–H groups in total. The van der Waals surface area contributed by atoms with Crippen LogP contribution in [0, 0.1) is 0 Å². The van der Waals surface area contributed by atoms with Crippen molar-refractivity contribution in [2.45, 2.75) is 19.5 Å². The number of aliphatic imine (C=N–C) groups is 1. The van der Waals surface area contributed by atoms with Crippen molar-refractivity contribution >= 4 is 17.8 Å². The number of benzene rings is 1. The standard InChI is InChI=1S/C13H17N3.C4H4O4/c1-10-12-5-3-2-4-11(12)8-16(10)9-13-14-6-7-15-13;5-3(6)1-2-4(7)8/h2-5,10H,6-9H2,1H3,(H,14,15);1-2H,(H,5,6)(H,7,8)/b;2-1+/t10-;/m1./s1. The highest BCUT2D eigenvalue weighted by Crippen LogP contribution is 2.32. The molecule has 0 bridgehead atoms. The number of amidine groups is 1. The lowest BCUT2D eigenvalue weighted by molar-refractivity contribution is -0.134. The highest BCUT2D eigenvalue weighted by atomic mass is 16.4. The molecule has 1 aromatic rings. The van der Waals surface area contributed by atoms with Crippen molar-refractivity contribution < 1.29 is 19.8 Å². The first-order chi connectivity index (χ1) is 11.5. The lowest BCUT2D eigenvalue weighted by Gasteiger charge is -2.21. The van der Waals surface area contributed by atoms with Crippen LogP contribution in [0.4, 0.5) is 0 Å². The van der Waals surface area contributed by atoms with Crippen LogP contribution in [0.3, 0.4) is 0 Å². The lowest BCUT2D eigenvalue weighted by atomic mass is 10.1. The smallest absolute Gasteiger partial charge is 0.328 e. The van der Waals surface area contributed by atoms with Gasteiger partial charge in [-0.25, -0.2) is 9.59 Å². The Hall–Kier alpha value is -2.67. The van der Waals surface area contributed by atoms with Gasteiger partial charge in [-0.2, -0.15) is 0 Å². The van der Waals surface area contributed by atoms with Crippen LogP contribution in [0.2, 0.25) is 0 Å². The van der Waals surface area contributed by atoms with Gasteiger partial charge in [0.2, 0.25) is 0 Å². The minimum absolute atomic E-state index is 0.515. The molecule has 0 aromatic heterocycles. The summed E-state index contributed by atoms with van der Waals surface area (Å²) >= 11 is 0.